The van der Waals surface area contributed by atoms with Crippen LogP contribution in [0.5, 0.6) is 0 Å². The predicted octanol–water partition coefficient (Wildman–Crippen LogP) is 3.36. The summed E-state index contributed by atoms with van der Waals surface area (Å²) >= 11 is 0. The zero-order chi connectivity index (χ0) is 17.9. The topological polar surface area (TPSA) is 56.0 Å². The van der Waals surface area contributed by atoms with Crippen LogP contribution >= 0.6 is 0 Å². The van der Waals surface area contributed by atoms with Gasteiger partial charge < -0.3 is 9.47 Å². The number of amides is 1. The summed E-state index contributed by atoms with van der Waals surface area (Å²) in [5, 5.41) is 4.21. The highest BCUT2D eigenvalue weighted by molar-refractivity contribution is 5.94. The second-order valence-corrected chi connectivity index (χ2v) is 6.76. The molecule has 4 rings (SSSR count). The number of pyridine rings is 1. The molecule has 0 aliphatic carbocycles. The molecule has 1 atom stereocenters. The molecular formula is C20H23N5O. The quantitative estimate of drug-likeness (QED) is 0.728. The van der Waals surface area contributed by atoms with Gasteiger partial charge in [0.2, 0.25) is 0 Å². The molecule has 0 bridgehead atoms. The summed E-state index contributed by atoms with van der Waals surface area (Å²) in [6, 6.07) is 9.75. The first-order chi connectivity index (χ1) is 12.7. The summed E-state index contributed by atoms with van der Waals surface area (Å²) in [6.07, 6.45) is 11.6. The molecule has 0 spiro atoms. The number of rotatable bonds is 3. The third-order valence-corrected chi connectivity index (χ3v) is 5.07. The van der Waals surface area contributed by atoms with Crippen molar-refractivity contribution in [1.29, 1.82) is 0 Å². The predicted molar refractivity (Wildman–Crippen MR) is 99.0 cm³/mol. The Labute approximate surface area is 153 Å². The molecule has 0 aromatic carbocycles. The molecule has 1 saturated heterocycles. The second kappa shape index (κ2) is 7.15. The molecule has 0 radical (unpaired) electrons. The van der Waals surface area contributed by atoms with Gasteiger partial charge in [0.05, 0.1) is 6.04 Å². The van der Waals surface area contributed by atoms with Crippen LogP contribution in [-0.2, 0) is 7.05 Å². The number of carbonyl (C=O) groups excluding carboxylic acids is 1. The van der Waals surface area contributed by atoms with Gasteiger partial charge in [-0.3, -0.25) is 4.79 Å². The van der Waals surface area contributed by atoms with E-state index in [1.807, 2.05) is 42.5 Å². The number of carbonyl (C=O) groups is 1. The number of nitrogens with zero attached hydrogens (tertiary/aromatic N) is 5. The molecule has 3 aromatic heterocycles. The van der Waals surface area contributed by atoms with Crippen molar-refractivity contribution in [3.63, 3.8) is 0 Å². The van der Waals surface area contributed by atoms with Gasteiger partial charge in [0.25, 0.3) is 5.91 Å². The lowest BCUT2D eigenvalue weighted by Crippen LogP contribution is -2.35. The fourth-order valence-electron chi connectivity index (χ4n) is 3.73. The van der Waals surface area contributed by atoms with Gasteiger partial charge in [0.1, 0.15) is 0 Å². The largest absolute Gasteiger partial charge is 0.353 e. The van der Waals surface area contributed by atoms with E-state index in [2.05, 4.69) is 20.7 Å². The van der Waals surface area contributed by atoms with Crippen molar-refractivity contribution in [2.45, 2.75) is 31.7 Å². The van der Waals surface area contributed by atoms with Crippen molar-refractivity contribution in [2.24, 2.45) is 7.05 Å². The van der Waals surface area contributed by atoms with Gasteiger partial charge in [0.15, 0.2) is 5.82 Å². The van der Waals surface area contributed by atoms with Crippen LogP contribution in [0.3, 0.4) is 0 Å². The Morgan fingerprint density at radius 3 is 2.81 bits per heavy atom. The van der Waals surface area contributed by atoms with Gasteiger partial charge in [-0.25, -0.2) is 9.67 Å². The smallest absolute Gasteiger partial charge is 0.254 e. The van der Waals surface area contributed by atoms with E-state index in [9.17, 15) is 4.79 Å². The van der Waals surface area contributed by atoms with Crippen LogP contribution in [0.1, 0.15) is 47.8 Å². The van der Waals surface area contributed by atoms with Gasteiger partial charge in [-0.05, 0) is 43.2 Å². The van der Waals surface area contributed by atoms with Crippen molar-refractivity contribution >= 4 is 5.91 Å². The standard InChI is InChI=1S/C20H23N5O/c1-23-12-5-8-17(23)18-7-3-2-4-13-24(18)20(26)16-9-11-21-19(15-16)25-14-6-10-22-25/h5-6,8-12,14-15,18H,2-4,7,13H2,1H3. The Balaban J connectivity index is 1.67. The number of hydrogen-bond acceptors (Lipinski definition) is 3. The first kappa shape index (κ1) is 16.6. The monoisotopic (exact) mass is 349 g/mol. The molecule has 0 N–H and O–H groups in total. The fourth-order valence-corrected chi connectivity index (χ4v) is 3.73. The third kappa shape index (κ3) is 3.14. The van der Waals surface area contributed by atoms with E-state index in [1.165, 1.54) is 12.1 Å². The zero-order valence-corrected chi connectivity index (χ0v) is 15.0. The van der Waals surface area contributed by atoms with E-state index in [0.29, 0.717) is 11.4 Å². The molecular weight excluding hydrogens is 326 g/mol. The molecule has 1 aliphatic rings. The van der Waals surface area contributed by atoms with Crippen molar-refractivity contribution in [3.8, 4) is 5.82 Å². The average molecular weight is 349 g/mol. The van der Waals surface area contributed by atoms with E-state index in [4.69, 9.17) is 0 Å². The van der Waals surface area contributed by atoms with E-state index < -0.39 is 0 Å². The van der Waals surface area contributed by atoms with Gasteiger partial charge in [0, 0.05) is 49.6 Å². The van der Waals surface area contributed by atoms with Crippen molar-refractivity contribution in [1.82, 2.24) is 24.2 Å². The normalized spacial score (nSPS) is 17.9. The zero-order valence-electron chi connectivity index (χ0n) is 15.0. The Kier molecular flexibility index (Phi) is 4.56. The number of hydrogen-bond donors (Lipinski definition) is 0. The molecule has 4 heterocycles. The van der Waals surface area contributed by atoms with Crippen LogP contribution in [0.15, 0.2) is 55.1 Å². The van der Waals surface area contributed by atoms with Crippen molar-refractivity contribution in [2.75, 3.05) is 6.54 Å². The Morgan fingerprint density at radius 1 is 1.12 bits per heavy atom. The summed E-state index contributed by atoms with van der Waals surface area (Å²) in [6.45, 7) is 0.786. The molecule has 6 nitrogen and oxygen atoms in total. The van der Waals surface area contributed by atoms with E-state index in [-0.39, 0.29) is 11.9 Å². The van der Waals surface area contributed by atoms with Gasteiger partial charge in [-0.15, -0.1) is 0 Å². The third-order valence-electron chi connectivity index (χ3n) is 5.07. The molecule has 1 fully saturated rings. The van der Waals surface area contributed by atoms with E-state index in [1.54, 1.807) is 23.1 Å². The molecule has 3 aromatic rings. The van der Waals surface area contributed by atoms with E-state index in [0.717, 1.165) is 25.8 Å². The summed E-state index contributed by atoms with van der Waals surface area (Å²) in [7, 11) is 2.05. The van der Waals surface area contributed by atoms with Gasteiger partial charge >= 0.3 is 0 Å². The number of likely N-dealkylation sites (tertiary alicyclic amines) is 1. The molecule has 1 aliphatic heterocycles. The van der Waals surface area contributed by atoms with Crippen LogP contribution in [0.2, 0.25) is 0 Å². The number of aromatic nitrogens is 4. The maximum absolute atomic E-state index is 13.4. The molecule has 6 heteroatoms. The summed E-state index contributed by atoms with van der Waals surface area (Å²) in [5.41, 5.74) is 1.85. The highest BCUT2D eigenvalue weighted by Gasteiger charge is 2.29. The minimum atomic E-state index is 0.0638. The first-order valence-corrected chi connectivity index (χ1v) is 9.12. The van der Waals surface area contributed by atoms with Crippen molar-refractivity contribution in [3.05, 3.63) is 66.4 Å². The molecule has 26 heavy (non-hydrogen) atoms. The van der Waals surface area contributed by atoms with Crippen LogP contribution < -0.4 is 0 Å². The second-order valence-electron chi connectivity index (χ2n) is 6.76. The summed E-state index contributed by atoms with van der Waals surface area (Å²) in [4.78, 5) is 19.7. The maximum atomic E-state index is 13.4. The molecule has 1 unspecified atom stereocenters. The van der Waals surface area contributed by atoms with Gasteiger partial charge in [-0.2, -0.15) is 5.10 Å². The Bertz CT molecular complexity index is 883. The van der Waals surface area contributed by atoms with E-state index >= 15 is 0 Å². The van der Waals surface area contributed by atoms with Gasteiger partial charge in [-0.1, -0.05) is 12.8 Å². The SMILES string of the molecule is Cn1cccc1C1CCCCCN1C(=O)c1ccnc(-n2cccn2)c1. The first-order valence-electron chi connectivity index (χ1n) is 9.12. The number of aryl methyl sites for hydroxylation is 1. The molecule has 1 amide bonds. The van der Waals surface area contributed by atoms with Crippen LogP contribution in [0.4, 0.5) is 0 Å². The molecule has 0 saturated carbocycles. The molecule has 134 valence electrons. The maximum Gasteiger partial charge on any atom is 0.254 e. The lowest BCUT2D eigenvalue weighted by molar-refractivity contribution is 0.0674. The Hall–Kier alpha value is -2.89. The summed E-state index contributed by atoms with van der Waals surface area (Å²) < 4.78 is 3.80. The minimum absolute atomic E-state index is 0.0638. The average Bonchev–Trinajstić information content (AvgIpc) is 3.29. The van der Waals surface area contributed by atoms with Crippen LogP contribution in [0, 0.1) is 0 Å². The lowest BCUT2D eigenvalue weighted by Gasteiger charge is -2.30. The summed E-state index contributed by atoms with van der Waals surface area (Å²) in [5.74, 6) is 0.722. The lowest BCUT2D eigenvalue weighted by atomic mass is 10.1. The van der Waals surface area contributed by atoms with Crippen LogP contribution in [0.25, 0.3) is 5.82 Å². The minimum Gasteiger partial charge on any atom is -0.353 e. The van der Waals surface area contributed by atoms with Crippen molar-refractivity contribution < 1.29 is 4.79 Å². The fraction of sp³-hybridized carbons (Fsp3) is 0.350. The highest BCUT2D eigenvalue weighted by atomic mass is 16.2. The Morgan fingerprint density at radius 2 is 2.04 bits per heavy atom. The van der Waals surface area contributed by atoms with Crippen LogP contribution in [-0.4, -0.2) is 36.7 Å². The highest BCUT2D eigenvalue weighted by Crippen LogP contribution is 2.31.